The molecule has 0 aliphatic rings. The summed E-state index contributed by atoms with van der Waals surface area (Å²) in [5.41, 5.74) is 2.38. The molecular weight excluding hydrogens is 290 g/mol. The van der Waals surface area contributed by atoms with Crippen LogP contribution in [0.4, 0.5) is 5.69 Å². The zero-order valence-corrected chi connectivity index (χ0v) is 13.5. The summed E-state index contributed by atoms with van der Waals surface area (Å²) in [4.78, 5) is 28.2. The highest BCUT2D eigenvalue weighted by molar-refractivity contribution is 6.07. The maximum Gasteiger partial charge on any atom is 0.279 e. The van der Waals surface area contributed by atoms with Gasteiger partial charge in [0.15, 0.2) is 6.54 Å². The molecule has 1 heterocycles. The van der Waals surface area contributed by atoms with Crippen LogP contribution in [0, 0.1) is 6.92 Å². The van der Waals surface area contributed by atoms with E-state index in [1.165, 1.54) is 0 Å². The van der Waals surface area contributed by atoms with E-state index < -0.39 is 0 Å². The Labute approximate surface area is 133 Å². The van der Waals surface area contributed by atoms with E-state index in [0.29, 0.717) is 11.9 Å². The van der Waals surface area contributed by atoms with Crippen LogP contribution in [0.3, 0.4) is 0 Å². The van der Waals surface area contributed by atoms with Gasteiger partial charge >= 0.3 is 0 Å². The number of hydrogen-bond acceptors (Lipinski definition) is 2. The molecule has 1 aromatic heterocycles. The number of carbonyl (C=O) groups is 1. The second-order valence-electron chi connectivity index (χ2n) is 6.14. The Hall–Kier alpha value is -2.66. The van der Waals surface area contributed by atoms with Crippen molar-refractivity contribution in [3.63, 3.8) is 0 Å². The number of carbonyl (C=O) groups excluding carboxylic acids is 1. The predicted molar refractivity (Wildman–Crippen MR) is 93.1 cm³/mol. The van der Waals surface area contributed by atoms with Crippen molar-refractivity contribution >= 4 is 33.3 Å². The van der Waals surface area contributed by atoms with E-state index in [9.17, 15) is 9.59 Å². The lowest BCUT2D eigenvalue weighted by Gasteiger charge is -2.12. The lowest BCUT2D eigenvalue weighted by Crippen LogP contribution is -3.06. The number of rotatable bonds is 3. The molecule has 2 aromatic carbocycles. The Kier molecular flexibility index (Phi) is 3.88. The molecule has 3 rings (SSSR count). The van der Waals surface area contributed by atoms with Gasteiger partial charge in [0.2, 0.25) is 0 Å². The number of H-pyrrole nitrogens is 1. The first-order chi connectivity index (χ1) is 11.0. The van der Waals surface area contributed by atoms with Gasteiger partial charge in [0.25, 0.3) is 11.5 Å². The summed E-state index contributed by atoms with van der Waals surface area (Å²) in [6.07, 6.45) is 0. The van der Waals surface area contributed by atoms with Crippen molar-refractivity contribution in [3.05, 3.63) is 52.3 Å². The fourth-order valence-electron chi connectivity index (χ4n) is 2.79. The highest BCUT2D eigenvalue weighted by Crippen LogP contribution is 2.27. The van der Waals surface area contributed by atoms with Crippen molar-refractivity contribution in [1.29, 1.82) is 0 Å². The second kappa shape index (κ2) is 5.85. The van der Waals surface area contributed by atoms with Crippen molar-refractivity contribution < 1.29 is 9.69 Å². The molecule has 0 radical (unpaired) electrons. The van der Waals surface area contributed by atoms with Crippen molar-refractivity contribution in [2.24, 2.45) is 0 Å². The maximum absolute atomic E-state index is 12.2. The SMILES string of the molecule is Cc1cc2[nH]c(=O)c3ccccc3c2cc1NC(=O)C[NH+](C)C. The molecule has 0 unspecified atom stereocenters. The van der Waals surface area contributed by atoms with Gasteiger partial charge in [-0.05, 0) is 36.1 Å². The van der Waals surface area contributed by atoms with E-state index in [0.717, 1.165) is 32.4 Å². The Bertz CT molecular complexity index is 958. The van der Waals surface area contributed by atoms with Crippen LogP contribution in [0.2, 0.25) is 0 Å². The minimum absolute atomic E-state index is 0.0267. The fraction of sp³-hybridized carbons (Fsp3) is 0.222. The Morgan fingerprint density at radius 2 is 1.83 bits per heavy atom. The van der Waals surface area contributed by atoms with Crippen LogP contribution in [0.5, 0.6) is 0 Å². The highest BCUT2D eigenvalue weighted by Gasteiger charge is 2.11. The number of quaternary nitrogens is 1. The van der Waals surface area contributed by atoms with E-state index in [1.807, 2.05) is 51.4 Å². The number of fused-ring (bicyclic) bond motifs is 3. The molecule has 5 nitrogen and oxygen atoms in total. The first kappa shape index (κ1) is 15.2. The number of likely N-dealkylation sites (N-methyl/N-ethyl adjacent to an activating group) is 1. The van der Waals surface area contributed by atoms with Crippen molar-refractivity contribution in [3.8, 4) is 0 Å². The lowest BCUT2D eigenvalue weighted by molar-refractivity contribution is -0.849. The van der Waals surface area contributed by atoms with Crippen LogP contribution >= 0.6 is 0 Å². The highest BCUT2D eigenvalue weighted by atomic mass is 16.2. The van der Waals surface area contributed by atoms with Gasteiger partial charge in [-0.2, -0.15) is 0 Å². The third kappa shape index (κ3) is 2.96. The van der Waals surface area contributed by atoms with Crippen LogP contribution < -0.4 is 15.8 Å². The number of amides is 1. The van der Waals surface area contributed by atoms with Gasteiger partial charge in [0.05, 0.1) is 14.1 Å². The van der Waals surface area contributed by atoms with Crippen molar-refractivity contribution in [2.75, 3.05) is 26.0 Å². The Balaban J connectivity index is 2.16. The number of hydrogen-bond donors (Lipinski definition) is 3. The third-order valence-corrected chi connectivity index (χ3v) is 3.86. The molecule has 0 aliphatic heterocycles. The average molecular weight is 310 g/mol. The summed E-state index contributed by atoms with van der Waals surface area (Å²) >= 11 is 0. The zero-order chi connectivity index (χ0) is 16.6. The summed E-state index contributed by atoms with van der Waals surface area (Å²) < 4.78 is 0. The number of aryl methyl sites for hydroxylation is 1. The smallest absolute Gasteiger partial charge is 0.279 e. The second-order valence-corrected chi connectivity index (χ2v) is 6.14. The minimum Gasteiger partial charge on any atom is -0.332 e. The molecular formula is C18H20N3O2+. The first-order valence-corrected chi connectivity index (χ1v) is 7.60. The van der Waals surface area contributed by atoms with E-state index in [-0.39, 0.29) is 11.5 Å². The molecule has 0 spiro atoms. The molecule has 118 valence electrons. The van der Waals surface area contributed by atoms with Crippen LogP contribution in [-0.2, 0) is 4.79 Å². The molecule has 1 amide bonds. The summed E-state index contributed by atoms with van der Waals surface area (Å²) in [6.45, 7) is 2.33. The number of pyridine rings is 1. The molecule has 5 heteroatoms. The largest absolute Gasteiger partial charge is 0.332 e. The van der Waals surface area contributed by atoms with E-state index in [2.05, 4.69) is 10.3 Å². The van der Waals surface area contributed by atoms with Gasteiger partial charge in [-0.15, -0.1) is 0 Å². The van der Waals surface area contributed by atoms with Gasteiger partial charge in [0.1, 0.15) is 0 Å². The van der Waals surface area contributed by atoms with Crippen LogP contribution in [0.1, 0.15) is 5.56 Å². The van der Waals surface area contributed by atoms with Gasteiger partial charge in [-0.25, -0.2) is 0 Å². The number of aromatic nitrogens is 1. The number of benzene rings is 2. The van der Waals surface area contributed by atoms with Crippen LogP contribution in [0.15, 0.2) is 41.2 Å². The Morgan fingerprint density at radius 3 is 2.52 bits per heavy atom. The van der Waals surface area contributed by atoms with Gasteiger partial charge in [0, 0.05) is 22.0 Å². The normalized spacial score (nSPS) is 11.3. The monoisotopic (exact) mass is 310 g/mol. The topological polar surface area (TPSA) is 66.4 Å². The summed E-state index contributed by atoms with van der Waals surface area (Å²) in [5.74, 6) is -0.0267. The predicted octanol–water partition coefficient (Wildman–Crippen LogP) is 1.07. The third-order valence-electron chi connectivity index (χ3n) is 3.86. The first-order valence-electron chi connectivity index (χ1n) is 7.60. The lowest BCUT2D eigenvalue weighted by atomic mass is 10.0. The molecule has 23 heavy (non-hydrogen) atoms. The zero-order valence-electron chi connectivity index (χ0n) is 13.5. The van der Waals surface area contributed by atoms with Crippen molar-refractivity contribution in [1.82, 2.24) is 4.98 Å². The number of nitrogens with one attached hydrogen (secondary N) is 3. The van der Waals surface area contributed by atoms with E-state index in [4.69, 9.17) is 0 Å². The van der Waals surface area contributed by atoms with Crippen LogP contribution in [0.25, 0.3) is 21.7 Å². The molecule has 0 fully saturated rings. The fourth-order valence-corrected chi connectivity index (χ4v) is 2.79. The maximum atomic E-state index is 12.2. The molecule has 0 aliphatic carbocycles. The van der Waals surface area contributed by atoms with Gasteiger partial charge in [-0.1, -0.05) is 18.2 Å². The van der Waals surface area contributed by atoms with Gasteiger partial charge < -0.3 is 15.2 Å². The van der Waals surface area contributed by atoms with E-state index >= 15 is 0 Å². The molecule has 0 saturated carbocycles. The quantitative estimate of drug-likeness (QED) is 0.634. The molecule has 3 aromatic rings. The van der Waals surface area contributed by atoms with Crippen molar-refractivity contribution in [2.45, 2.75) is 6.92 Å². The number of aromatic amines is 1. The minimum atomic E-state index is -0.0968. The average Bonchev–Trinajstić information content (AvgIpc) is 2.48. The van der Waals surface area contributed by atoms with Crippen LogP contribution in [-0.4, -0.2) is 31.5 Å². The van der Waals surface area contributed by atoms with Gasteiger partial charge in [-0.3, -0.25) is 9.59 Å². The summed E-state index contributed by atoms with van der Waals surface area (Å²) in [5, 5.41) is 5.43. The number of anilines is 1. The molecule has 0 bridgehead atoms. The standard InChI is InChI=1S/C18H19N3O2/c1-11-8-16-14(9-15(11)19-17(22)10-21(2)3)12-6-4-5-7-13(12)18(23)20-16/h4-9H,10H2,1-3H3,(H,19,22)(H,20,23)/p+1. The molecule has 3 N–H and O–H groups in total. The Morgan fingerprint density at radius 1 is 1.13 bits per heavy atom. The molecule has 0 atom stereocenters. The molecule has 0 saturated heterocycles. The summed E-state index contributed by atoms with van der Waals surface area (Å²) in [7, 11) is 3.87. The summed E-state index contributed by atoms with van der Waals surface area (Å²) in [6, 6.07) is 11.3. The van der Waals surface area contributed by atoms with E-state index in [1.54, 1.807) is 6.07 Å².